The number of sulfonamides is 1. The molecule has 0 saturated carbocycles. The molecule has 0 unspecified atom stereocenters. The smallest absolute Gasteiger partial charge is 0.251 e. The van der Waals surface area contributed by atoms with Gasteiger partial charge in [0.15, 0.2) is 11.5 Å². The van der Waals surface area contributed by atoms with Gasteiger partial charge in [0.1, 0.15) is 0 Å². The van der Waals surface area contributed by atoms with E-state index in [-0.39, 0.29) is 12.5 Å². The van der Waals surface area contributed by atoms with Crippen molar-refractivity contribution in [1.82, 2.24) is 5.32 Å². The van der Waals surface area contributed by atoms with Crippen molar-refractivity contribution in [2.24, 2.45) is 0 Å². The molecule has 0 spiro atoms. The summed E-state index contributed by atoms with van der Waals surface area (Å²) in [5.74, 6) is 1.10. The summed E-state index contributed by atoms with van der Waals surface area (Å²) in [4.78, 5) is 12.5. The molecule has 8 nitrogen and oxygen atoms in total. The van der Waals surface area contributed by atoms with Gasteiger partial charge in [-0.1, -0.05) is 6.07 Å². The number of anilines is 1. The lowest BCUT2D eigenvalue weighted by atomic mass is 10.1. The van der Waals surface area contributed by atoms with Crippen molar-refractivity contribution < 1.29 is 27.4 Å². The monoisotopic (exact) mass is 408 g/mol. The fraction of sp³-hybridized carbons (Fsp3) is 0.316. The predicted octanol–water partition coefficient (Wildman–Crippen LogP) is 2.32. The Kier molecular flexibility index (Phi) is 6.74. The van der Waals surface area contributed by atoms with E-state index in [1.54, 1.807) is 31.2 Å². The third-order valence-corrected chi connectivity index (χ3v) is 4.56. The van der Waals surface area contributed by atoms with Crippen molar-refractivity contribution in [3.8, 4) is 17.2 Å². The number of carbonyl (C=O) groups excluding carboxylic acids is 1. The number of ether oxygens (including phenoxy) is 3. The molecule has 0 aliphatic rings. The minimum Gasteiger partial charge on any atom is -0.493 e. The summed E-state index contributed by atoms with van der Waals surface area (Å²) in [6.07, 6.45) is 1.06. The SMILES string of the molecule is COc1cc(CNC(=O)c2ccc(C)c(NS(C)(=O)=O)c2)cc(OC)c1OC. The molecule has 0 atom stereocenters. The molecule has 2 aromatic rings. The molecule has 2 N–H and O–H groups in total. The van der Waals surface area contributed by atoms with Crippen molar-refractivity contribution >= 4 is 21.6 Å². The highest BCUT2D eigenvalue weighted by molar-refractivity contribution is 7.92. The first-order chi connectivity index (χ1) is 13.2. The number of hydrogen-bond donors (Lipinski definition) is 2. The maximum Gasteiger partial charge on any atom is 0.251 e. The van der Waals surface area contributed by atoms with E-state index in [0.717, 1.165) is 11.8 Å². The van der Waals surface area contributed by atoms with E-state index in [1.165, 1.54) is 27.4 Å². The molecule has 2 aromatic carbocycles. The van der Waals surface area contributed by atoms with E-state index >= 15 is 0 Å². The van der Waals surface area contributed by atoms with Crippen molar-refractivity contribution in [2.75, 3.05) is 32.3 Å². The van der Waals surface area contributed by atoms with Crippen LogP contribution in [0.1, 0.15) is 21.5 Å². The molecule has 0 heterocycles. The van der Waals surface area contributed by atoms with Crippen LogP contribution in [0.4, 0.5) is 5.69 Å². The Balaban J connectivity index is 2.19. The number of rotatable bonds is 8. The fourth-order valence-electron chi connectivity index (χ4n) is 2.59. The van der Waals surface area contributed by atoms with Crippen LogP contribution in [0.2, 0.25) is 0 Å². The lowest BCUT2D eigenvalue weighted by Crippen LogP contribution is -2.23. The molecule has 0 aliphatic heterocycles. The largest absolute Gasteiger partial charge is 0.493 e. The van der Waals surface area contributed by atoms with E-state index in [2.05, 4.69) is 10.0 Å². The molecule has 0 fully saturated rings. The van der Waals surface area contributed by atoms with E-state index in [4.69, 9.17) is 14.2 Å². The number of benzene rings is 2. The van der Waals surface area contributed by atoms with E-state index < -0.39 is 10.0 Å². The molecule has 1 amide bonds. The first kappa shape index (κ1) is 21.4. The maximum absolute atomic E-state index is 12.5. The number of aryl methyl sites for hydroxylation is 1. The van der Waals surface area contributed by atoms with Crippen LogP contribution in [0.25, 0.3) is 0 Å². The van der Waals surface area contributed by atoms with Gasteiger partial charge in [-0.05, 0) is 42.3 Å². The van der Waals surface area contributed by atoms with Gasteiger partial charge in [-0.3, -0.25) is 9.52 Å². The minimum absolute atomic E-state index is 0.220. The third kappa shape index (κ3) is 5.29. The second-order valence-corrected chi connectivity index (χ2v) is 7.87. The number of carbonyl (C=O) groups is 1. The van der Waals surface area contributed by atoms with Crippen molar-refractivity contribution in [3.05, 3.63) is 47.0 Å². The van der Waals surface area contributed by atoms with Crippen LogP contribution in [0.3, 0.4) is 0 Å². The summed E-state index contributed by atoms with van der Waals surface area (Å²) < 4.78 is 41.2. The van der Waals surface area contributed by atoms with Crippen LogP contribution in [0.15, 0.2) is 30.3 Å². The van der Waals surface area contributed by atoms with Gasteiger partial charge in [0.05, 0.1) is 33.3 Å². The van der Waals surface area contributed by atoms with Crippen LogP contribution in [-0.2, 0) is 16.6 Å². The predicted molar refractivity (Wildman–Crippen MR) is 107 cm³/mol. The Hall–Kier alpha value is -2.94. The Labute approximate surface area is 164 Å². The number of methoxy groups -OCH3 is 3. The quantitative estimate of drug-likeness (QED) is 0.695. The second kappa shape index (κ2) is 8.83. The fourth-order valence-corrected chi connectivity index (χ4v) is 3.21. The maximum atomic E-state index is 12.5. The minimum atomic E-state index is -3.44. The summed E-state index contributed by atoms with van der Waals surface area (Å²) in [7, 11) is 1.11. The number of amides is 1. The zero-order valence-electron chi connectivity index (χ0n) is 16.5. The summed E-state index contributed by atoms with van der Waals surface area (Å²) in [6, 6.07) is 8.30. The van der Waals surface area contributed by atoms with E-state index in [0.29, 0.717) is 34.1 Å². The Morgan fingerprint density at radius 2 is 1.61 bits per heavy atom. The van der Waals surface area contributed by atoms with Gasteiger partial charge in [0.25, 0.3) is 5.91 Å². The highest BCUT2D eigenvalue weighted by Gasteiger charge is 2.15. The van der Waals surface area contributed by atoms with Crippen molar-refractivity contribution in [3.63, 3.8) is 0 Å². The summed E-state index contributed by atoms with van der Waals surface area (Å²) in [5, 5.41) is 2.80. The molecular formula is C19H24N2O6S. The molecular weight excluding hydrogens is 384 g/mol. The lowest BCUT2D eigenvalue weighted by Gasteiger charge is -2.15. The molecule has 0 aliphatic carbocycles. The van der Waals surface area contributed by atoms with Crippen LogP contribution in [0.5, 0.6) is 17.2 Å². The molecule has 0 radical (unpaired) electrons. The van der Waals surface area contributed by atoms with E-state index in [1.807, 2.05) is 0 Å². The number of nitrogens with one attached hydrogen (secondary N) is 2. The highest BCUT2D eigenvalue weighted by Crippen LogP contribution is 2.38. The standard InChI is InChI=1S/C19H24N2O6S/c1-12-6-7-14(10-15(12)21-28(5,23)24)19(22)20-11-13-8-16(25-2)18(27-4)17(9-13)26-3/h6-10,21H,11H2,1-5H3,(H,20,22). The molecule has 0 bridgehead atoms. The Morgan fingerprint density at radius 1 is 1.00 bits per heavy atom. The van der Waals surface area contributed by atoms with Crippen LogP contribution < -0.4 is 24.2 Å². The topological polar surface area (TPSA) is 103 Å². The van der Waals surface area contributed by atoms with Crippen molar-refractivity contribution in [1.29, 1.82) is 0 Å². The van der Waals surface area contributed by atoms with Gasteiger partial charge in [0, 0.05) is 12.1 Å². The van der Waals surface area contributed by atoms with Crippen LogP contribution in [0, 0.1) is 6.92 Å². The molecule has 9 heteroatoms. The van der Waals surface area contributed by atoms with Gasteiger partial charge in [-0.25, -0.2) is 8.42 Å². The van der Waals surface area contributed by atoms with Crippen molar-refractivity contribution in [2.45, 2.75) is 13.5 Å². The molecule has 0 saturated heterocycles. The van der Waals surface area contributed by atoms with Crippen LogP contribution >= 0.6 is 0 Å². The third-order valence-electron chi connectivity index (χ3n) is 3.97. The summed E-state index contributed by atoms with van der Waals surface area (Å²) in [5.41, 5.74) is 2.17. The average molecular weight is 408 g/mol. The van der Waals surface area contributed by atoms with E-state index in [9.17, 15) is 13.2 Å². The first-order valence-electron chi connectivity index (χ1n) is 8.34. The zero-order chi connectivity index (χ0) is 20.9. The van der Waals surface area contributed by atoms with Gasteiger partial charge >= 0.3 is 0 Å². The first-order valence-corrected chi connectivity index (χ1v) is 10.2. The highest BCUT2D eigenvalue weighted by atomic mass is 32.2. The van der Waals surface area contributed by atoms with Gasteiger partial charge < -0.3 is 19.5 Å². The molecule has 152 valence electrons. The van der Waals surface area contributed by atoms with Gasteiger partial charge in [-0.15, -0.1) is 0 Å². The molecule has 28 heavy (non-hydrogen) atoms. The van der Waals surface area contributed by atoms with Gasteiger partial charge in [-0.2, -0.15) is 0 Å². The molecule has 0 aromatic heterocycles. The Morgan fingerprint density at radius 3 is 2.11 bits per heavy atom. The molecule has 2 rings (SSSR count). The van der Waals surface area contributed by atoms with Gasteiger partial charge in [0.2, 0.25) is 15.8 Å². The van der Waals surface area contributed by atoms with Crippen LogP contribution in [-0.4, -0.2) is 41.9 Å². The normalized spacial score (nSPS) is 10.9. The average Bonchev–Trinajstić information content (AvgIpc) is 2.65. The summed E-state index contributed by atoms with van der Waals surface area (Å²) >= 11 is 0. The lowest BCUT2D eigenvalue weighted by molar-refractivity contribution is 0.0951. The Bertz CT molecular complexity index is 947. The number of hydrogen-bond acceptors (Lipinski definition) is 6. The zero-order valence-corrected chi connectivity index (χ0v) is 17.3. The summed E-state index contributed by atoms with van der Waals surface area (Å²) in [6.45, 7) is 1.98. The second-order valence-electron chi connectivity index (χ2n) is 6.12.